The fraction of sp³-hybridized carbons (Fsp3) is 0.412. The summed E-state index contributed by atoms with van der Waals surface area (Å²) in [5, 5.41) is 15.8. The Kier molecular flexibility index (Phi) is 4.63. The summed E-state index contributed by atoms with van der Waals surface area (Å²) in [6.45, 7) is 6.67. The van der Waals surface area contributed by atoms with Gasteiger partial charge < -0.3 is 15.2 Å². The van der Waals surface area contributed by atoms with E-state index in [4.69, 9.17) is 4.74 Å². The molecule has 0 saturated carbocycles. The van der Waals surface area contributed by atoms with Gasteiger partial charge in [-0.05, 0) is 18.4 Å². The van der Waals surface area contributed by atoms with Crippen molar-refractivity contribution in [3.63, 3.8) is 0 Å². The van der Waals surface area contributed by atoms with E-state index in [1.165, 1.54) is 0 Å². The third-order valence-electron chi connectivity index (χ3n) is 3.18. The Morgan fingerprint density at radius 2 is 1.85 bits per heavy atom. The first kappa shape index (κ1) is 14.8. The van der Waals surface area contributed by atoms with Crippen molar-refractivity contribution in [2.75, 3.05) is 13.2 Å². The van der Waals surface area contributed by atoms with E-state index in [0.717, 1.165) is 16.5 Å². The van der Waals surface area contributed by atoms with Crippen molar-refractivity contribution in [2.24, 2.45) is 0 Å². The highest BCUT2D eigenvalue weighted by atomic mass is 16.5. The third-order valence-corrected chi connectivity index (χ3v) is 3.18. The summed E-state index contributed by atoms with van der Waals surface area (Å²) >= 11 is 0. The lowest BCUT2D eigenvalue weighted by atomic mass is 10.1. The molecule has 0 radical (unpaired) electrons. The third kappa shape index (κ3) is 3.95. The molecule has 1 unspecified atom stereocenters. The van der Waals surface area contributed by atoms with Crippen LogP contribution in [-0.4, -0.2) is 29.9 Å². The van der Waals surface area contributed by atoms with Crippen LogP contribution in [-0.2, 0) is 0 Å². The molecule has 0 aliphatic rings. The summed E-state index contributed by atoms with van der Waals surface area (Å²) in [5.41, 5.74) is -0.888. The minimum atomic E-state index is -0.888. The second kappa shape index (κ2) is 6.25. The Balaban J connectivity index is 2.05. The van der Waals surface area contributed by atoms with E-state index in [9.17, 15) is 5.11 Å². The van der Waals surface area contributed by atoms with E-state index in [0.29, 0.717) is 12.6 Å². The van der Waals surface area contributed by atoms with Crippen molar-refractivity contribution in [1.82, 2.24) is 5.32 Å². The molecule has 3 heteroatoms. The molecule has 1 atom stereocenters. The number of hydrogen-bond acceptors (Lipinski definition) is 3. The van der Waals surface area contributed by atoms with Crippen LogP contribution in [0.15, 0.2) is 42.5 Å². The highest BCUT2D eigenvalue weighted by Gasteiger charge is 2.21. The molecule has 0 saturated heterocycles. The molecule has 0 bridgehead atoms. The van der Waals surface area contributed by atoms with Crippen LogP contribution in [0.2, 0.25) is 0 Å². The van der Waals surface area contributed by atoms with E-state index in [-0.39, 0.29) is 6.61 Å². The Bertz CT molecular complexity index is 558. The Labute approximate surface area is 120 Å². The molecule has 2 rings (SSSR count). The number of fused-ring (bicyclic) bond motifs is 1. The number of rotatable bonds is 6. The summed E-state index contributed by atoms with van der Waals surface area (Å²) in [7, 11) is 0. The van der Waals surface area contributed by atoms with Crippen LogP contribution in [0.3, 0.4) is 0 Å². The molecule has 0 amide bonds. The molecule has 2 aromatic rings. The number of benzene rings is 2. The van der Waals surface area contributed by atoms with Crippen molar-refractivity contribution in [3.05, 3.63) is 42.5 Å². The predicted octanol–water partition coefficient (Wildman–Crippen LogP) is 2.97. The molecule has 0 fully saturated rings. The largest absolute Gasteiger partial charge is 0.490 e. The van der Waals surface area contributed by atoms with Gasteiger partial charge in [0.15, 0.2) is 0 Å². The standard InChI is InChI=1S/C17H23NO2/c1-13(2)18-11-17(3,19)12-20-16-10-6-8-14-7-4-5-9-15(14)16/h4-10,13,18-19H,11-12H2,1-3H3. The van der Waals surface area contributed by atoms with Crippen LogP contribution < -0.4 is 10.1 Å². The lowest BCUT2D eigenvalue weighted by Crippen LogP contribution is -2.44. The summed E-state index contributed by atoms with van der Waals surface area (Å²) in [5.74, 6) is 0.813. The number of hydrogen-bond donors (Lipinski definition) is 2. The van der Waals surface area contributed by atoms with Gasteiger partial charge in [-0.1, -0.05) is 50.2 Å². The second-order valence-corrected chi connectivity index (χ2v) is 5.80. The first-order valence-corrected chi connectivity index (χ1v) is 7.04. The van der Waals surface area contributed by atoms with Crippen LogP contribution in [0.4, 0.5) is 0 Å². The van der Waals surface area contributed by atoms with Gasteiger partial charge in [0.05, 0.1) is 0 Å². The summed E-state index contributed by atoms with van der Waals surface area (Å²) in [6.07, 6.45) is 0. The first-order valence-electron chi connectivity index (χ1n) is 7.04. The van der Waals surface area contributed by atoms with Gasteiger partial charge in [0.1, 0.15) is 18.0 Å². The minimum absolute atomic E-state index is 0.265. The van der Waals surface area contributed by atoms with Gasteiger partial charge in [-0.15, -0.1) is 0 Å². The maximum atomic E-state index is 10.3. The van der Waals surface area contributed by atoms with Crippen LogP contribution in [0.5, 0.6) is 5.75 Å². The SMILES string of the molecule is CC(C)NCC(C)(O)COc1cccc2ccccc12. The van der Waals surface area contributed by atoms with E-state index in [1.54, 1.807) is 6.92 Å². The summed E-state index contributed by atoms with van der Waals surface area (Å²) < 4.78 is 5.83. The first-order chi connectivity index (χ1) is 9.48. The van der Waals surface area contributed by atoms with E-state index in [2.05, 4.69) is 31.3 Å². The molecule has 2 aromatic carbocycles. The highest BCUT2D eigenvalue weighted by molar-refractivity contribution is 5.88. The van der Waals surface area contributed by atoms with Crippen LogP contribution in [0.25, 0.3) is 10.8 Å². The average molecular weight is 273 g/mol. The molecule has 108 valence electrons. The number of aliphatic hydroxyl groups is 1. The molecular formula is C17H23NO2. The molecule has 20 heavy (non-hydrogen) atoms. The molecule has 0 spiro atoms. The Hall–Kier alpha value is -1.58. The van der Waals surface area contributed by atoms with Crippen molar-refractivity contribution >= 4 is 10.8 Å². The molecule has 0 aliphatic heterocycles. The zero-order valence-corrected chi connectivity index (χ0v) is 12.4. The number of ether oxygens (including phenoxy) is 1. The van der Waals surface area contributed by atoms with Crippen LogP contribution in [0.1, 0.15) is 20.8 Å². The zero-order valence-electron chi connectivity index (χ0n) is 12.4. The molecule has 0 aromatic heterocycles. The fourth-order valence-corrected chi connectivity index (χ4v) is 2.03. The maximum absolute atomic E-state index is 10.3. The minimum Gasteiger partial charge on any atom is -0.490 e. The summed E-state index contributed by atoms with van der Waals surface area (Å²) in [4.78, 5) is 0. The smallest absolute Gasteiger partial charge is 0.127 e. The number of nitrogens with one attached hydrogen (secondary N) is 1. The van der Waals surface area contributed by atoms with E-state index < -0.39 is 5.60 Å². The Morgan fingerprint density at radius 1 is 1.15 bits per heavy atom. The molecule has 0 heterocycles. The van der Waals surface area contributed by atoms with Gasteiger partial charge in [-0.2, -0.15) is 0 Å². The lowest BCUT2D eigenvalue weighted by molar-refractivity contribution is 0.0114. The van der Waals surface area contributed by atoms with Crippen molar-refractivity contribution in [1.29, 1.82) is 0 Å². The van der Waals surface area contributed by atoms with Crippen molar-refractivity contribution in [3.8, 4) is 5.75 Å². The summed E-state index contributed by atoms with van der Waals surface area (Å²) in [6, 6.07) is 14.4. The molecule has 2 N–H and O–H groups in total. The van der Waals surface area contributed by atoms with Gasteiger partial charge in [0.25, 0.3) is 0 Å². The monoisotopic (exact) mass is 273 g/mol. The fourth-order valence-electron chi connectivity index (χ4n) is 2.03. The predicted molar refractivity (Wildman–Crippen MR) is 83.2 cm³/mol. The van der Waals surface area contributed by atoms with Crippen LogP contribution >= 0.6 is 0 Å². The quantitative estimate of drug-likeness (QED) is 0.850. The normalized spacial score (nSPS) is 14.4. The van der Waals surface area contributed by atoms with Gasteiger partial charge in [-0.25, -0.2) is 0 Å². The van der Waals surface area contributed by atoms with Crippen molar-refractivity contribution < 1.29 is 9.84 Å². The average Bonchev–Trinajstić information content (AvgIpc) is 2.43. The van der Waals surface area contributed by atoms with Gasteiger partial charge in [0.2, 0.25) is 0 Å². The topological polar surface area (TPSA) is 41.5 Å². The van der Waals surface area contributed by atoms with Gasteiger partial charge in [-0.3, -0.25) is 0 Å². The van der Waals surface area contributed by atoms with E-state index in [1.807, 2.05) is 30.3 Å². The van der Waals surface area contributed by atoms with Crippen LogP contribution in [0, 0.1) is 0 Å². The Morgan fingerprint density at radius 3 is 2.60 bits per heavy atom. The lowest BCUT2D eigenvalue weighted by Gasteiger charge is -2.25. The van der Waals surface area contributed by atoms with Gasteiger partial charge in [0, 0.05) is 18.0 Å². The molecule has 0 aliphatic carbocycles. The van der Waals surface area contributed by atoms with Gasteiger partial charge >= 0.3 is 0 Å². The molecule has 3 nitrogen and oxygen atoms in total. The maximum Gasteiger partial charge on any atom is 0.127 e. The molecular weight excluding hydrogens is 250 g/mol. The van der Waals surface area contributed by atoms with Crippen molar-refractivity contribution in [2.45, 2.75) is 32.4 Å². The van der Waals surface area contributed by atoms with E-state index >= 15 is 0 Å². The highest BCUT2D eigenvalue weighted by Crippen LogP contribution is 2.25. The zero-order chi connectivity index (χ0) is 14.6. The second-order valence-electron chi connectivity index (χ2n) is 5.80.